The van der Waals surface area contributed by atoms with E-state index in [-0.39, 0.29) is 5.91 Å². The SMILES string of the molecule is CCCOc1ccc(N2N=C(C)CC2=O)cc1. The predicted molar refractivity (Wildman–Crippen MR) is 67.4 cm³/mol. The highest BCUT2D eigenvalue weighted by Crippen LogP contribution is 2.23. The standard InChI is InChI=1S/C13H16N2O2/c1-3-8-17-12-6-4-11(5-7-12)15-13(16)9-10(2)14-15/h4-7H,3,8-9H2,1-2H3. The molecule has 0 fully saturated rings. The molecule has 1 heterocycles. The van der Waals surface area contributed by atoms with Crippen molar-refractivity contribution in [3.05, 3.63) is 24.3 Å². The van der Waals surface area contributed by atoms with Crippen LogP contribution in [0.1, 0.15) is 26.7 Å². The molecule has 0 saturated carbocycles. The highest BCUT2D eigenvalue weighted by atomic mass is 16.5. The number of rotatable bonds is 4. The first-order valence-corrected chi connectivity index (χ1v) is 5.80. The van der Waals surface area contributed by atoms with E-state index in [9.17, 15) is 4.79 Å². The van der Waals surface area contributed by atoms with Gasteiger partial charge in [-0.25, -0.2) is 5.01 Å². The summed E-state index contributed by atoms with van der Waals surface area (Å²) in [7, 11) is 0. The zero-order valence-corrected chi connectivity index (χ0v) is 10.1. The fraction of sp³-hybridized carbons (Fsp3) is 0.385. The Balaban J connectivity index is 2.10. The van der Waals surface area contributed by atoms with E-state index in [1.165, 1.54) is 5.01 Å². The van der Waals surface area contributed by atoms with Crippen LogP contribution in [0.15, 0.2) is 29.4 Å². The van der Waals surface area contributed by atoms with Gasteiger partial charge in [-0.2, -0.15) is 5.10 Å². The molecule has 90 valence electrons. The Bertz CT molecular complexity index is 437. The van der Waals surface area contributed by atoms with E-state index >= 15 is 0 Å². The Labute approximate surface area is 101 Å². The Kier molecular flexibility index (Phi) is 3.42. The van der Waals surface area contributed by atoms with Crippen LogP contribution in [0.2, 0.25) is 0 Å². The van der Waals surface area contributed by atoms with Gasteiger partial charge in [0.2, 0.25) is 0 Å². The summed E-state index contributed by atoms with van der Waals surface area (Å²) in [6.07, 6.45) is 1.39. The minimum Gasteiger partial charge on any atom is -0.494 e. The van der Waals surface area contributed by atoms with Crippen molar-refractivity contribution in [2.24, 2.45) is 5.10 Å². The van der Waals surface area contributed by atoms with Gasteiger partial charge in [0.15, 0.2) is 0 Å². The van der Waals surface area contributed by atoms with E-state index in [4.69, 9.17) is 4.74 Å². The molecule has 0 saturated heterocycles. The molecule has 0 aliphatic carbocycles. The monoisotopic (exact) mass is 232 g/mol. The van der Waals surface area contributed by atoms with Crippen molar-refractivity contribution < 1.29 is 9.53 Å². The Hall–Kier alpha value is -1.84. The third-order valence-electron chi connectivity index (χ3n) is 2.47. The highest BCUT2D eigenvalue weighted by molar-refractivity contribution is 6.12. The first-order valence-electron chi connectivity index (χ1n) is 5.80. The van der Waals surface area contributed by atoms with Crippen LogP contribution in [0.4, 0.5) is 5.69 Å². The molecule has 1 amide bonds. The van der Waals surface area contributed by atoms with E-state index < -0.39 is 0 Å². The second kappa shape index (κ2) is 4.99. The minimum absolute atomic E-state index is 0.0183. The number of nitrogens with zero attached hydrogens (tertiary/aromatic N) is 2. The zero-order valence-electron chi connectivity index (χ0n) is 10.1. The zero-order chi connectivity index (χ0) is 12.3. The molecule has 4 nitrogen and oxygen atoms in total. The first kappa shape index (κ1) is 11.6. The van der Waals surface area contributed by atoms with Gasteiger partial charge in [-0.1, -0.05) is 6.92 Å². The molecule has 1 aromatic carbocycles. The number of benzene rings is 1. The molecule has 0 radical (unpaired) electrons. The van der Waals surface area contributed by atoms with Crippen LogP contribution in [0.5, 0.6) is 5.75 Å². The molecule has 0 unspecified atom stereocenters. The second-order valence-corrected chi connectivity index (χ2v) is 4.06. The maximum absolute atomic E-state index is 11.6. The quantitative estimate of drug-likeness (QED) is 0.800. The van der Waals surface area contributed by atoms with Crippen molar-refractivity contribution in [3.8, 4) is 5.75 Å². The molecule has 1 aliphatic heterocycles. The molecule has 0 atom stereocenters. The summed E-state index contributed by atoms with van der Waals surface area (Å²) in [4.78, 5) is 11.6. The van der Waals surface area contributed by atoms with E-state index in [1.54, 1.807) is 0 Å². The average molecular weight is 232 g/mol. The van der Waals surface area contributed by atoms with E-state index in [1.807, 2.05) is 31.2 Å². The lowest BCUT2D eigenvalue weighted by atomic mass is 10.2. The summed E-state index contributed by atoms with van der Waals surface area (Å²) in [5.41, 5.74) is 1.64. The largest absolute Gasteiger partial charge is 0.494 e. The van der Waals surface area contributed by atoms with Crippen LogP contribution in [0, 0.1) is 0 Å². The van der Waals surface area contributed by atoms with Gasteiger partial charge in [0.1, 0.15) is 5.75 Å². The summed E-state index contributed by atoms with van der Waals surface area (Å²) in [5.74, 6) is 0.840. The summed E-state index contributed by atoms with van der Waals surface area (Å²) < 4.78 is 5.48. The predicted octanol–water partition coefficient (Wildman–Crippen LogP) is 2.59. The molecule has 1 aromatic rings. The van der Waals surface area contributed by atoms with Crippen LogP contribution in [-0.2, 0) is 4.79 Å². The number of carbonyl (C=O) groups excluding carboxylic acids is 1. The van der Waals surface area contributed by atoms with Crippen LogP contribution in [0.25, 0.3) is 0 Å². The van der Waals surface area contributed by atoms with Crippen LogP contribution < -0.4 is 9.75 Å². The molecular weight excluding hydrogens is 216 g/mol. The van der Waals surface area contributed by atoms with Gasteiger partial charge < -0.3 is 4.74 Å². The lowest BCUT2D eigenvalue weighted by Gasteiger charge is -2.12. The van der Waals surface area contributed by atoms with Crippen LogP contribution >= 0.6 is 0 Å². The topological polar surface area (TPSA) is 41.9 Å². The molecular formula is C13H16N2O2. The van der Waals surface area contributed by atoms with E-state index in [2.05, 4.69) is 12.0 Å². The molecule has 17 heavy (non-hydrogen) atoms. The number of anilines is 1. The Morgan fingerprint density at radius 2 is 2.06 bits per heavy atom. The third kappa shape index (κ3) is 2.64. The summed E-state index contributed by atoms with van der Waals surface area (Å²) in [6.45, 7) is 4.63. The molecule has 2 rings (SSSR count). The van der Waals surface area contributed by atoms with Crippen molar-refractivity contribution in [3.63, 3.8) is 0 Å². The Morgan fingerprint density at radius 3 is 2.59 bits per heavy atom. The number of hydrogen-bond donors (Lipinski definition) is 0. The van der Waals surface area contributed by atoms with Gasteiger partial charge >= 0.3 is 0 Å². The van der Waals surface area contributed by atoms with Crippen molar-refractivity contribution in [1.29, 1.82) is 0 Å². The molecule has 0 spiro atoms. The fourth-order valence-corrected chi connectivity index (χ4v) is 1.66. The second-order valence-electron chi connectivity index (χ2n) is 4.06. The average Bonchev–Trinajstić information content (AvgIpc) is 2.66. The van der Waals surface area contributed by atoms with Gasteiger partial charge in [-0.3, -0.25) is 4.79 Å². The molecule has 0 bridgehead atoms. The van der Waals surface area contributed by atoms with Gasteiger partial charge in [0, 0.05) is 5.71 Å². The molecule has 1 aliphatic rings. The number of amides is 1. The summed E-state index contributed by atoms with van der Waals surface area (Å²) >= 11 is 0. The lowest BCUT2D eigenvalue weighted by molar-refractivity contribution is -0.116. The Morgan fingerprint density at radius 1 is 1.35 bits per heavy atom. The van der Waals surface area contributed by atoms with Crippen LogP contribution in [0.3, 0.4) is 0 Å². The minimum atomic E-state index is 0.0183. The number of hydrogen-bond acceptors (Lipinski definition) is 3. The first-order chi connectivity index (χ1) is 8.20. The summed E-state index contributed by atoms with van der Waals surface area (Å²) in [5, 5.41) is 5.63. The van der Waals surface area contributed by atoms with Crippen molar-refractivity contribution in [2.75, 3.05) is 11.6 Å². The molecule has 0 aromatic heterocycles. The highest BCUT2D eigenvalue weighted by Gasteiger charge is 2.22. The number of hydrazone groups is 1. The van der Waals surface area contributed by atoms with Crippen LogP contribution in [-0.4, -0.2) is 18.2 Å². The molecule has 4 heteroatoms. The normalized spacial score (nSPS) is 15.1. The summed E-state index contributed by atoms with van der Waals surface area (Å²) in [6, 6.07) is 7.43. The van der Waals surface area contributed by atoms with Gasteiger partial charge in [0.05, 0.1) is 18.7 Å². The van der Waals surface area contributed by atoms with E-state index in [0.29, 0.717) is 13.0 Å². The lowest BCUT2D eigenvalue weighted by Crippen LogP contribution is -2.19. The smallest absolute Gasteiger partial charge is 0.253 e. The maximum atomic E-state index is 11.6. The molecule has 0 N–H and O–H groups in total. The van der Waals surface area contributed by atoms with Gasteiger partial charge in [-0.05, 0) is 37.6 Å². The van der Waals surface area contributed by atoms with E-state index in [0.717, 1.165) is 23.6 Å². The number of ether oxygens (including phenoxy) is 1. The van der Waals surface area contributed by atoms with Crippen molar-refractivity contribution in [1.82, 2.24) is 0 Å². The van der Waals surface area contributed by atoms with Gasteiger partial charge in [0.25, 0.3) is 5.91 Å². The number of carbonyl (C=O) groups is 1. The van der Waals surface area contributed by atoms with Crippen molar-refractivity contribution >= 4 is 17.3 Å². The van der Waals surface area contributed by atoms with Crippen molar-refractivity contribution in [2.45, 2.75) is 26.7 Å². The maximum Gasteiger partial charge on any atom is 0.253 e. The van der Waals surface area contributed by atoms with Gasteiger partial charge in [-0.15, -0.1) is 0 Å². The fourth-order valence-electron chi connectivity index (χ4n) is 1.66. The third-order valence-corrected chi connectivity index (χ3v) is 2.47.